The number of hydrogen-bond acceptors (Lipinski definition) is 4. The normalized spacial score (nSPS) is 16.3. The topological polar surface area (TPSA) is 58.1 Å². The molecule has 152 valence electrons. The van der Waals surface area contributed by atoms with E-state index < -0.39 is 0 Å². The molecule has 6 nitrogen and oxygen atoms in total. The van der Waals surface area contributed by atoms with E-state index in [1.54, 1.807) is 21.3 Å². The lowest BCUT2D eigenvalue weighted by Gasteiger charge is -2.20. The number of para-hydroxylation sites is 1. The van der Waals surface area contributed by atoms with Crippen molar-refractivity contribution in [1.29, 1.82) is 0 Å². The number of halogens is 1. The number of aliphatic imine (C=N–C) groups is 1. The molecule has 0 aromatic heterocycles. The van der Waals surface area contributed by atoms with Crippen molar-refractivity contribution in [3.05, 3.63) is 54.1 Å². The first kappa shape index (κ1) is 22.1. The molecule has 0 saturated carbocycles. The lowest BCUT2D eigenvalue weighted by atomic mass is 10.2. The number of rotatable bonds is 6. The standard InChI is InChI=1S/C21H28N4O2.HI/c1-22-21(23-14-16-9-10-19(26-2)20(13-16)27-3)24-17-11-12-25(15-17)18-7-5-4-6-8-18;/h4-10,13,17H,11-12,14-15H2,1-3H3,(H2,22,23,24);1H. The minimum atomic E-state index is 0. The molecule has 28 heavy (non-hydrogen) atoms. The van der Waals surface area contributed by atoms with E-state index in [9.17, 15) is 0 Å². The second-order valence-electron chi connectivity index (χ2n) is 6.53. The van der Waals surface area contributed by atoms with E-state index >= 15 is 0 Å². The highest BCUT2D eigenvalue weighted by Crippen LogP contribution is 2.27. The zero-order chi connectivity index (χ0) is 19.1. The maximum absolute atomic E-state index is 5.37. The highest BCUT2D eigenvalue weighted by Gasteiger charge is 2.23. The van der Waals surface area contributed by atoms with Gasteiger partial charge in [-0.2, -0.15) is 0 Å². The van der Waals surface area contributed by atoms with Crippen LogP contribution in [0.25, 0.3) is 0 Å². The number of anilines is 1. The van der Waals surface area contributed by atoms with Crippen LogP contribution in [0.15, 0.2) is 53.5 Å². The first-order valence-electron chi connectivity index (χ1n) is 9.21. The van der Waals surface area contributed by atoms with Crippen LogP contribution in [0.3, 0.4) is 0 Å². The van der Waals surface area contributed by atoms with Gasteiger partial charge in [0.1, 0.15) is 0 Å². The minimum absolute atomic E-state index is 0. The monoisotopic (exact) mass is 496 g/mol. The first-order valence-corrected chi connectivity index (χ1v) is 9.21. The number of guanidine groups is 1. The zero-order valence-electron chi connectivity index (χ0n) is 16.6. The van der Waals surface area contributed by atoms with E-state index in [0.29, 0.717) is 12.6 Å². The van der Waals surface area contributed by atoms with Gasteiger partial charge in [-0.25, -0.2) is 0 Å². The summed E-state index contributed by atoms with van der Waals surface area (Å²) < 4.78 is 10.7. The van der Waals surface area contributed by atoms with Gasteiger partial charge < -0.3 is 25.0 Å². The largest absolute Gasteiger partial charge is 0.493 e. The Morgan fingerprint density at radius 1 is 1.11 bits per heavy atom. The molecule has 1 unspecified atom stereocenters. The average Bonchev–Trinajstić information content (AvgIpc) is 3.20. The van der Waals surface area contributed by atoms with Crippen molar-refractivity contribution in [2.24, 2.45) is 4.99 Å². The molecule has 2 aromatic rings. The van der Waals surface area contributed by atoms with Gasteiger partial charge in [0.2, 0.25) is 0 Å². The number of benzene rings is 2. The summed E-state index contributed by atoms with van der Waals surface area (Å²) in [6.45, 7) is 2.69. The van der Waals surface area contributed by atoms with Gasteiger partial charge in [0.25, 0.3) is 0 Å². The third-order valence-electron chi connectivity index (χ3n) is 4.78. The molecular formula is C21H29IN4O2. The van der Waals surface area contributed by atoms with Gasteiger partial charge in [0.15, 0.2) is 17.5 Å². The van der Waals surface area contributed by atoms with Crippen LogP contribution in [0.2, 0.25) is 0 Å². The molecule has 3 rings (SSSR count). The number of nitrogens with one attached hydrogen (secondary N) is 2. The lowest BCUT2D eigenvalue weighted by Crippen LogP contribution is -2.44. The second kappa shape index (κ2) is 11.0. The predicted molar refractivity (Wildman–Crippen MR) is 125 cm³/mol. The van der Waals surface area contributed by atoms with Crippen LogP contribution in [0, 0.1) is 0 Å². The van der Waals surface area contributed by atoms with Gasteiger partial charge >= 0.3 is 0 Å². The summed E-state index contributed by atoms with van der Waals surface area (Å²) in [7, 11) is 5.09. The summed E-state index contributed by atoms with van der Waals surface area (Å²) in [5, 5.41) is 6.91. The molecule has 2 aromatic carbocycles. The summed E-state index contributed by atoms with van der Waals surface area (Å²) in [5.74, 6) is 2.27. The number of methoxy groups -OCH3 is 2. The summed E-state index contributed by atoms with van der Waals surface area (Å²) in [5.41, 5.74) is 2.38. The fraction of sp³-hybridized carbons (Fsp3) is 0.381. The van der Waals surface area contributed by atoms with E-state index in [-0.39, 0.29) is 24.0 Å². The van der Waals surface area contributed by atoms with Crippen molar-refractivity contribution in [1.82, 2.24) is 10.6 Å². The molecule has 1 fully saturated rings. The molecule has 1 atom stereocenters. The Kier molecular flexibility index (Phi) is 8.69. The van der Waals surface area contributed by atoms with Crippen LogP contribution >= 0.6 is 24.0 Å². The summed E-state index contributed by atoms with van der Waals surface area (Å²) in [6, 6.07) is 16.8. The second-order valence-corrected chi connectivity index (χ2v) is 6.53. The summed E-state index contributed by atoms with van der Waals surface area (Å²) in [4.78, 5) is 6.76. The quantitative estimate of drug-likeness (QED) is 0.366. The smallest absolute Gasteiger partial charge is 0.191 e. The van der Waals surface area contributed by atoms with Gasteiger partial charge in [0, 0.05) is 38.4 Å². The van der Waals surface area contributed by atoms with Crippen LogP contribution in [0.5, 0.6) is 11.5 Å². The Balaban J connectivity index is 0.00000280. The predicted octanol–water partition coefficient (Wildman–Crippen LogP) is 3.27. The van der Waals surface area contributed by atoms with Crippen molar-refractivity contribution < 1.29 is 9.47 Å². The van der Waals surface area contributed by atoms with Crippen molar-refractivity contribution in [2.45, 2.75) is 19.0 Å². The molecule has 0 amide bonds. The van der Waals surface area contributed by atoms with Crippen LogP contribution in [0.4, 0.5) is 5.69 Å². The lowest BCUT2D eigenvalue weighted by molar-refractivity contribution is 0.354. The van der Waals surface area contributed by atoms with E-state index in [1.807, 2.05) is 18.2 Å². The van der Waals surface area contributed by atoms with Crippen molar-refractivity contribution in [3.8, 4) is 11.5 Å². The Morgan fingerprint density at radius 3 is 2.54 bits per heavy atom. The molecule has 7 heteroatoms. The van der Waals surface area contributed by atoms with E-state index in [1.165, 1.54) is 5.69 Å². The maximum atomic E-state index is 5.37. The van der Waals surface area contributed by atoms with Crippen molar-refractivity contribution in [3.63, 3.8) is 0 Å². The van der Waals surface area contributed by atoms with Gasteiger partial charge in [-0.3, -0.25) is 4.99 Å². The molecule has 0 bridgehead atoms. The first-order chi connectivity index (χ1) is 13.2. The fourth-order valence-electron chi connectivity index (χ4n) is 3.32. The summed E-state index contributed by atoms with van der Waals surface area (Å²) >= 11 is 0. The Morgan fingerprint density at radius 2 is 1.86 bits per heavy atom. The highest BCUT2D eigenvalue weighted by atomic mass is 127. The molecule has 0 spiro atoms. The number of nitrogens with zero attached hydrogens (tertiary/aromatic N) is 2. The molecule has 0 aliphatic carbocycles. The van der Waals surface area contributed by atoms with E-state index in [2.05, 4.69) is 50.9 Å². The minimum Gasteiger partial charge on any atom is -0.493 e. The third-order valence-corrected chi connectivity index (χ3v) is 4.78. The highest BCUT2D eigenvalue weighted by molar-refractivity contribution is 14.0. The molecule has 2 N–H and O–H groups in total. The zero-order valence-corrected chi connectivity index (χ0v) is 19.0. The third kappa shape index (κ3) is 5.67. The van der Waals surface area contributed by atoms with Crippen LogP contribution in [0.1, 0.15) is 12.0 Å². The van der Waals surface area contributed by atoms with Crippen LogP contribution in [-0.4, -0.2) is 46.4 Å². The molecule has 1 heterocycles. The molecule has 1 aliphatic heterocycles. The van der Waals surface area contributed by atoms with E-state index in [4.69, 9.17) is 9.47 Å². The van der Waals surface area contributed by atoms with E-state index in [0.717, 1.165) is 42.5 Å². The van der Waals surface area contributed by atoms with Crippen molar-refractivity contribution >= 4 is 35.6 Å². The number of hydrogen-bond donors (Lipinski definition) is 2. The van der Waals surface area contributed by atoms with Crippen LogP contribution in [-0.2, 0) is 6.54 Å². The molecule has 1 aliphatic rings. The molecule has 1 saturated heterocycles. The molecular weight excluding hydrogens is 467 g/mol. The Bertz CT molecular complexity index is 770. The van der Waals surface area contributed by atoms with Crippen LogP contribution < -0.4 is 25.0 Å². The number of ether oxygens (including phenoxy) is 2. The maximum Gasteiger partial charge on any atom is 0.191 e. The van der Waals surface area contributed by atoms with Gasteiger partial charge in [-0.1, -0.05) is 24.3 Å². The van der Waals surface area contributed by atoms with Gasteiger partial charge in [-0.15, -0.1) is 24.0 Å². The van der Waals surface area contributed by atoms with Crippen molar-refractivity contribution in [2.75, 3.05) is 39.3 Å². The van der Waals surface area contributed by atoms with Gasteiger partial charge in [0.05, 0.1) is 14.2 Å². The molecule has 0 radical (unpaired) electrons. The van der Waals surface area contributed by atoms with Gasteiger partial charge in [-0.05, 0) is 36.2 Å². The fourth-order valence-corrected chi connectivity index (χ4v) is 3.32. The average molecular weight is 496 g/mol. The Labute approximate surface area is 184 Å². The Hall–Kier alpha value is -2.16. The SMILES string of the molecule is CN=C(NCc1ccc(OC)c(OC)c1)NC1CCN(c2ccccc2)C1.I. The summed E-state index contributed by atoms with van der Waals surface area (Å²) in [6.07, 6.45) is 1.09.